The van der Waals surface area contributed by atoms with Crippen molar-refractivity contribution < 1.29 is 14.3 Å². The molecule has 1 aromatic carbocycles. The fourth-order valence-corrected chi connectivity index (χ4v) is 4.02. The van der Waals surface area contributed by atoms with Crippen molar-refractivity contribution in [3.05, 3.63) is 64.1 Å². The number of rotatable bonds is 4. The van der Waals surface area contributed by atoms with Crippen molar-refractivity contribution in [2.75, 3.05) is 6.61 Å². The Hall–Kier alpha value is -2.95. The summed E-state index contributed by atoms with van der Waals surface area (Å²) in [5, 5.41) is 0.798. The van der Waals surface area contributed by atoms with E-state index in [0.717, 1.165) is 59.2 Å². The van der Waals surface area contributed by atoms with Crippen molar-refractivity contribution in [1.29, 1.82) is 0 Å². The topological polar surface area (TPSA) is 61.2 Å². The van der Waals surface area contributed by atoms with Crippen LogP contribution >= 0.6 is 0 Å². The van der Waals surface area contributed by atoms with Crippen LogP contribution in [-0.2, 0) is 24.6 Å². The van der Waals surface area contributed by atoms with E-state index in [1.54, 1.807) is 0 Å². The van der Waals surface area contributed by atoms with Crippen molar-refractivity contribution in [3.8, 4) is 0 Å². The molecule has 0 saturated heterocycles. The lowest BCUT2D eigenvalue weighted by molar-refractivity contribution is 0.0475. The molecule has 0 radical (unpaired) electrons. The van der Waals surface area contributed by atoms with Crippen molar-refractivity contribution in [3.63, 3.8) is 0 Å². The van der Waals surface area contributed by atoms with Gasteiger partial charge in [0.2, 0.25) is 5.78 Å². The van der Waals surface area contributed by atoms with E-state index in [-0.39, 0.29) is 12.4 Å². The predicted molar refractivity (Wildman–Crippen MR) is 108 cm³/mol. The Morgan fingerprint density at radius 2 is 1.89 bits per heavy atom. The Balaban J connectivity index is 1.64. The zero-order chi connectivity index (χ0) is 19.8. The van der Waals surface area contributed by atoms with Crippen molar-refractivity contribution in [1.82, 2.24) is 9.55 Å². The summed E-state index contributed by atoms with van der Waals surface area (Å²) >= 11 is 0. The average Bonchev–Trinajstić information content (AvgIpc) is 2.97. The maximum atomic E-state index is 13.0. The number of pyridine rings is 1. The number of esters is 1. The minimum atomic E-state index is -0.435. The van der Waals surface area contributed by atoms with E-state index in [0.29, 0.717) is 11.1 Å². The maximum absolute atomic E-state index is 13.0. The summed E-state index contributed by atoms with van der Waals surface area (Å²) in [4.78, 5) is 30.4. The van der Waals surface area contributed by atoms with Gasteiger partial charge in [-0.3, -0.25) is 9.78 Å². The summed E-state index contributed by atoms with van der Waals surface area (Å²) in [7, 11) is 1.92. The molecule has 4 rings (SSSR count). The zero-order valence-electron chi connectivity index (χ0n) is 16.5. The first-order valence-electron chi connectivity index (χ1n) is 9.71. The van der Waals surface area contributed by atoms with E-state index >= 15 is 0 Å². The number of ketones is 1. The predicted octanol–water partition coefficient (Wildman–Crippen LogP) is 4.11. The number of benzene rings is 1. The van der Waals surface area contributed by atoms with Crippen LogP contribution in [0.5, 0.6) is 0 Å². The number of nitrogens with zero attached hydrogens (tertiary/aromatic N) is 2. The standard InChI is InChI=1S/C23H24N2O3/c1-14-12-18(15(2)25(14)3)21(26)13-28-23(27)22-16-8-4-6-10-19(16)24-20-11-7-5-9-17(20)22/h4,6,8,10,12H,5,7,9,11,13H2,1-3H3. The SMILES string of the molecule is Cc1cc(C(=O)COC(=O)c2c3c(nc4ccccc24)CCCC3)c(C)n1C. The first-order valence-corrected chi connectivity index (χ1v) is 9.71. The molecule has 2 heterocycles. The van der Waals surface area contributed by atoms with E-state index in [9.17, 15) is 9.59 Å². The molecular formula is C23H24N2O3. The Labute approximate surface area is 164 Å². The van der Waals surface area contributed by atoms with E-state index in [1.165, 1.54) is 0 Å². The van der Waals surface area contributed by atoms with Gasteiger partial charge in [-0.05, 0) is 57.2 Å². The Morgan fingerprint density at radius 3 is 2.64 bits per heavy atom. The second-order valence-electron chi connectivity index (χ2n) is 7.48. The number of ether oxygens (including phenoxy) is 1. The number of Topliss-reactive ketones (excluding diaryl/α,β-unsaturated/α-hetero) is 1. The second kappa shape index (κ2) is 7.23. The third kappa shape index (κ3) is 3.11. The smallest absolute Gasteiger partial charge is 0.339 e. The highest BCUT2D eigenvalue weighted by atomic mass is 16.5. The van der Waals surface area contributed by atoms with Gasteiger partial charge in [0.25, 0.3) is 0 Å². The van der Waals surface area contributed by atoms with Gasteiger partial charge in [0.05, 0.1) is 11.1 Å². The number of aromatic nitrogens is 2. The van der Waals surface area contributed by atoms with Crippen molar-refractivity contribution in [2.24, 2.45) is 7.05 Å². The van der Waals surface area contributed by atoms with Crippen LogP contribution in [0.1, 0.15) is 56.2 Å². The lowest BCUT2D eigenvalue weighted by Crippen LogP contribution is -2.19. The first kappa shape index (κ1) is 18.4. The Bertz CT molecular complexity index is 1090. The van der Waals surface area contributed by atoms with Crippen LogP contribution in [-0.4, -0.2) is 27.9 Å². The van der Waals surface area contributed by atoms with E-state index in [4.69, 9.17) is 9.72 Å². The molecule has 0 spiro atoms. The maximum Gasteiger partial charge on any atom is 0.339 e. The molecule has 0 fully saturated rings. The van der Waals surface area contributed by atoms with Gasteiger partial charge in [-0.15, -0.1) is 0 Å². The molecular weight excluding hydrogens is 352 g/mol. The molecule has 0 bridgehead atoms. The van der Waals surface area contributed by atoms with E-state index in [2.05, 4.69) is 0 Å². The molecule has 0 aliphatic heterocycles. The summed E-state index contributed by atoms with van der Waals surface area (Å²) in [6, 6.07) is 9.48. The molecule has 0 N–H and O–H groups in total. The summed E-state index contributed by atoms with van der Waals surface area (Å²) in [5.74, 6) is -0.614. The van der Waals surface area contributed by atoms with Gasteiger partial charge in [-0.1, -0.05) is 18.2 Å². The molecule has 0 atom stereocenters. The summed E-state index contributed by atoms with van der Waals surface area (Å²) in [6.45, 7) is 3.59. The Kier molecular flexibility index (Phi) is 4.75. The van der Waals surface area contributed by atoms with Gasteiger partial charge < -0.3 is 9.30 Å². The lowest BCUT2D eigenvalue weighted by Gasteiger charge is -2.19. The van der Waals surface area contributed by atoms with Crippen LogP contribution in [0.3, 0.4) is 0 Å². The molecule has 0 unspecified atom stereocenters. The van der Waals surface area contributed by atoms with Gasteiger partial charge in [0.1, 0.15) is 0 Å². The van der Waals surface area contributed by atoms with E-state index < -0.39 is 5.97 Å². The van der Waals surface area contributed by atoms with Crippen molar-refractivity contribution >= 4 is 22.7 Å². The minimum Gasteiger partial charge on any atom is -0.454 e. The number of hydrogen-bond donors (Lipinski definition) is 0. The molecule has 1 aliphatic rings. The average molecular weight is 376 g/mol. The fourth-order valence-electron chi connectivity index (χ4n) is 4.02. The number of hydrogen-bond acceptors (Lipinski definition) is 4. The van der Waals surface area contributed by atoms with Crippen LogP contribution in [0.4, 0.5) is 0 Å². The molecule has 5 heteroatoms. The molecule has 0 amide bonds. The third-order valence-corrected chi connectivity index (χ3v) is 5.78. The minimum absolute atomic E-state index is 0.179. The fraction of sp³-hybridized carbons (Fsp3) is 0.348. The molecule has 2 aromatic heterocycles. The van der Waals surface area contributed by atoms with Gasteiger partial charge >= 0.3 is 5.97 Å². The normalized spacial score (nSPS) is 13.4. The molecule has 3 aromatic rings. The summed E-state index contributed by atoms with van der Waals surface area (Å²) in [5.41, 5.74) is 5.83. The lowest BCUT2D eigenvalue weighted by atomic mass is 9.90. The second-order valence-corrected chi connectivity index (χ2v) is 7.48. The summed E-state index contributed by atoms with van der Waals surface area (Å²) in [6.07, 6.45) is 3.82. The summed E-state index contributed by atoms with van der Waals surface area (Å²) < 4.78 is 7.46. The zero-order valence-corrected chi connectivity index (χ0v) is 16.5. The van der Waals surface area contributed by atoms with Crippen LogP contribution in [0.2, 0.25) is 0 Å². The van der Waals surface area contributed by atoms with Gasteiger partial charge in [-0.2, -0.15) is 0 Å². The highest BCUT2D eigenvalue weighted by Crippen LogP contribution is 2.29. The van der Waals surface area contributed by atoms with Crippen molar-refractivity contribution in [2.45, 2.75) is 39.5 Å². The Morgan fingerprint density at radius 1 is 1.14 bits per heavy atom. The number of carbonyl (C=O) groups excluding carboxylic acids is 2. The van der Waals surface area contributed by atoms with Gasteiger partial charge in [0, 0.05) is 35.1 Å². The van der Waals surface area contributed by atoms with Crippen LogP contribution < -0.4 is 0 Å². The molecule has 144 valence electrons. The van der Waals surface area contributed by atoms with Gasteiger partial charge in [-0.25, -0.2) is 4.79 Å². The van der Waals surface area contributed by atoms with Crippen LogP contribution in [0.15, 0.2) is 30.3 Å². The first-order chi connectivity index (χ1) is 13.5. The number of fused-ring (bicyclic) bond motifs is 2. The molecule has 5 nitrogen and oxygen atoms in total. The molecule has 28 heavy (non-hydrogen) atoms. The van der Waals surface area contributed by atoms with E-state index in [1.807, 2.05) is 55.8 Å². The number of aryl methyl sites for hydroxylation is 2. The highest BCUT2D eigenvalue weighted by Gasteiger charge is 2.24. The molecule has 1 aliphatic carbocycles. The molecule has 0 saturated carbocycles. The quantitative estimate of drug-likeness (QED) is 0.508. The highest BCUT2D eigenvalue weighted by molar-refractivity contribution is 6.06. The van der Waals surface area contributed by atoms with Crippen LogP contribution in [0, 0.1) is 13.8 Å². The van der Waals surface area contributed by atoms with Gasteiger partial charge in [0.15, 0.2) is 6.61 Å². The number of para-hydroxylation sites is 1. The largest absolute Gasteiger partial charge is 0.454 e. The monoisotopic (exact) mass is 376 g/mol. The number of carbonyl (C=O) groups is 2. The third-order valence-electron chi connectivity index (χ3n) is 5.78. The van der Waals surface area contributed by atoms with Crippen LogP contribution in [0.25, 0.3) is 10.9 Å².